The van der Waals surface area contributed by atoms with Crippen LogP contribution >= 0.6 is 11.6 Å². The second-order valence-corrected chi connectivity index (χ2v) is 6.22. The van der Waals surface area contributed by atoms with E-state index < -0.39 is 5.82 Å². The first-order chi connectivity index (χ1) is 11.5. The van der Waals surface area contributed by atoms with Crippen LogP contribution in [0, 0.1) is 5.82 Å². The molecule has 0 radical (unpaired) electrons. The highest BCUT2D eigenvalue weighted by molar-refractivity contribution is 6.31. The van der Waals surface area contributed by atoms with Crippen molar-refractivity contribution in [2.75, 3.05) is 38.5 Å². The van der Waals surface area contributed by atoms with E-state index in [0.29, 0.717) is 30.0 Å². The number of carbonyl (C=O) groups excluding carboxylic acids is 1. The zero-order valence-electron chi connectivity index (χ0n) is 13.3. The summed E-state index contributed by atoms with van der Waals surface area (Å²) in [5, 5.41) is 3.12. The topological polar surface area (TPSA) is 48.5 Å². The first kappa shape index (κ1) is 16.7. The van der Waals surface area contributed by atoms with Crippen LogP contribution < -0.4 is 5.32 Å². The number of halogens is 2. The van der Waals surface area contributed by atoms with Crippen molar-refractivity contribution in [1.82, 2.24) is 14.8 Å². The number of piperazine rings is 1. The van der Waals surface area contributed by atoms with Gasteiger partial charge in [0.1, 0.15) is 5.82 Å². The first-order valence-electron chi connectivity index (χ1n) is 7.68. The molecule has 24 heavy (non-hydrogen) atoms. The van der Waals surface area contributed by atoms with Gasteiger partial charge >= 0.3 is 0 Å². The Hall–Kier alpha value is -2.18. The third kappa shape index (κ3) is 3.83. The van der Waals surface area contributed by atoms with Gasteiger partial charge in [-0.05, 0) is 31.3 Å². The number of hydrogen-bond acceptors (Lipinski definition) is 4. The second-order valence-electron chi connectivity index (χ2n) is 5.81. The second kappa shape index (κ2) is 7.15. The molecule has 0 aliphatic carbocycles. The van der Waals surface area contributed by atoms with Gasteiger partial charge in [0.15, 0.2) is 0 Å². The number of amides is 1. The van der Waals surface area contributed by atoms with Gasteiger partial charge in [-0.3, -0.25) is 9.78 Å². The van der Waals surface area contributed by atoms with Gasteiger partial charge in [-0.15, -0.1) is 0 Å². The summed E-state index contributed by atoms with van der Waals surface area (Å²) >= 11 is 5.78. The lowest BCUT2D eigenvalue weighted by Crippen LogP contribution is -2.47. The molecule has 2 aromatic rings. The van der Waals surface area contributed by atoms with Crippen LogP contribution in [0.4, 0.5) is 15.8 Å². The van der Waals surface area contributed by atoms with E-state index in [2.05, 4.69) is 15.2 Å². The van der Waals surface area contributed by atoms with Crippen LogP contribution in [-0.2, 0) is 0 Å². The van der Waals surface area contributed by atoms with Gasteiger partial charge in [0.05, 0.1) is 22.5 Å². The molecule has 0 saturated carbocycles. The molecule has 1 amide bonds. The van der Waals surface area contributed by atoms with Crippen LogP contribution in [0.5, 0.6) is 0 Å². The number of hydrogen-bond donors (Lipinski definition) is 1. The van der Waals surface area contributed by atoms with Crippen molar-refractivity contribution in [1.29, 1.82) is 0 Å². The van der Waals surface area contributed by atoms with Crippen molar-refractivity contribution in [3.63, 3.8) is 0 Å². The molecule has 1 aliphatic rings. The number of pyridine rings is 1. The normalized spacial score (nSPS) is 15.4. The number of aromatic nitrogens is 1. The Morgan fingerprint density at radius 2 is 1.92 bits per heavy atom. The number of nitrogens with one attached hydrogen (secondary N) is 1. The lowest BCUT2D eigenvalue weighted by atomic mass is 10.2. The van der Waals surface area contributed by atoms with E-state index in [1.807, 2.05) is 11.9 Å². The minimum atomic E-state index is -0.473. The molecular weight excluding hydrogens is 331 g/mol. The Balaban J connectivity index is 1.73. The third-order valence-corrected chi connectivity index (χ3v) is 4.27. The molecule has 7 heteroatoms. The van der Waals surface area contributed by atoms with E-state index in [4.69, 9.17) is 11.6 Å². The highest BCUT2D eigenvalue weighted by Gasteiger charge is 2.20. The number of carbonyl (C=O) groups is 1. The van der Waals surface area contributed by atoms with Crippen LogP contribution in [0.1, 0.15) is 10.4 Å². The highest BCUT2D eigenvalue weighted by Crippen LogP contribution is 2.23. The van der Waals surface area contributed by atoms with E-state index in [0.717, 1.165) is 13.1 Å². The van der Waals surface area contributed by atoms with Gasteiger partial charge in [-0.1, -0.05) is 11.6 Å². The molecule has 1 N–H and O–H groups in total. The Morgan fingerprint density at radius 3 is 2.62 bits per heavy atom. The fourth-order valence-corrected chi connectivity index (χ4v) is 2.74. The van der Waals surface area contributed by atoms with Crippen molar-refractivity contribution < 1.29 is 9.18 Å². The molecule has 3 rings (SSSR count). The predicted molar refractivity (Wildman–Crippen MR) is 92.3 cm³/mol. The Labute approximate surface area is 145 Å². The SMILES string of the molecule is CN1CCN(C(=O)c2cncc(Nc3ccc(F)c(Cl)c3)c2)CC1. The molecule has 1 fully saturated rings. The molecule has 1 aromatic heterocycles. The summed E-state index contributed by atoms with van der Waals surface area (Å²) in [6.07, 6.45) is 3.17. The van der Waals surface area contributed by atoms with Crippen molar-refractivity contribution in [3.8, 4) is 0 Å². The monoisotopic (exact) mass is 348 g/mol. The summed E-state index contributed by atoms with van der Waals surface area (Å²) in [6, 6.07) is 6.10. The minimum absolute atomic E-state index is 0.0311. The molecular formula is C17H18ClFN4O. The maximum atomic E-state index is 13.2. The molecule has 0 bridgehead atoms. The molecule has 5 nitrogen and oxygen atoms in total. The lowest BCUT2D eigenvalue weighted by Gasteiger charge is -2.32. The van der Waals surface area contributed by atoms with E-state index in [1.165, 1.54) is 12.1 Å². The van der Waals surface area contributed by atoms with Gasteiger partial charge in [0.2, 0.25) is 0 Å². The van der Waals surface area contributed by atoms with Gasteiger partial charge in [0, 0.05) is 38.1 Å². The summed E-state index contributed by atoms with van der Waals surface area (Å²) in [5.41, 5.74) is 1.81. The van der Waals surface area contributed by atoms with E-state index >= 15 is 0 Å². The summed E-state index contributed by atoms with van der Waals surface area (Å²) in [5.74, 6) is -0.504. The molecule has 1 saturated heterocycles. The van der Waals surface area contributed by atoms with E-state index in [-0.39, 0.29) is 10.9 Å². The van der Waals surface area contributed by atoms with Gasteiger partial charge in [-0.25, -0.2) is 4.39 Å². The molecule has 126 valence electrons. The predicted octanol–water partition coefficient (Wildman–Crippen LogP) is 3.01. The Kier molecular flexibility index (Phi) is 4.97. The van der Waals surface area contributed by atoms with Crippen molar-refractivity contribution in [2.24, 2.45) is 0 Å². The van der Waals surface area contributed by atoms with Gasteiger partial charge in [0.25, 0.3) is 5.91 Å². The molecule has 0 spiro atoms. The molecule has 1 aliphatic heterocycles. The van der Waals surface area contributed by atoms with E-state index in [9.17, 15) is 9.18 Å². The first-order valence-corrected chi connectivity index (χ1v) is 8.05. The fraction of sp³-hybridized carbons (Fsp3) is 0.294. The largest absolute Gasteiger partial charge is 0.354 e. The number of rotatable bonds is 3. The fourth-order valence-electron chi connectivity index (χ4n) is 2.56. The Bertz CT molecular complexity index is 747. The number of benzene rings is 1. The average Bonchev–Trinajstić information content (AvgIpc) is 2.58. The number of anilines is 2. The lowest BCUT2D eigenvalue weighted by molar-refractivity contribution is 0.0663. The molecule has 0 atom stereocenters. The van der Waals surface area contributed by atoms with Crippen molar-refractivity contribution >= 4 is 28.9 Å². The summed E-state index contributed by atoms with van der Waals surface area (Å²) in [6.45, 7) is 3.15. The average molecular weight is 349 g/mol. The summed E-state index contributed by atoms with van der Waals surface area (Å²) in [7, 11) is 2.04. The third-order valence-electron chi connectivity index (χ3n) is 3.98. The smallest absolute Gasteiger partial charge is 0.255 e. The van der Waals surface area contributed by atoms with Crippen molar-refractivity contribution in [2.45, 2.75) is 0 Å². The molecule has 0 unspecified atom stereocenters. The number of nitrogens with zero attached hydrogens (tertiary/aromatic N) is 3. The van der Waals surface area contributed by atoms with Crippen LogP contribution in [0.15, 0.2) is 36.7 Å². The quantitative estimate of drug-likeness (QED) is 0.926. The minimum Gasteiger partial charge on any atom is -0.354 e. The zero-order valence-corrected chi connectivity index (χ0v) is 14.1. The maximum Gasteiger partial charge on any atom is 0.255 e. The standard InChI is InChI=1S/C17H18ClFN4O/c1-22-4-6-23(7-5-22)17(24)12-8-14(11-20-10-12)21-13-2-3-16(19)15(18)9-13/h2-3,8-11,21H,4-7H2,1H3. The maximum absolute atomic E-state index is 13.2. The summed E-state index contributed by atoms with van der Waals surface area (Å²) < 4.78 is 13.2. The van der Waals surface area contributed by atoms with Gasteiger partial charge in [-0.2, -0.15) is 0 Å². The molecule has 1 aromatic carbocycles. The van der Waals surface area contributed by atoms with E-state index in [1.54, 1.807) is 24.5 Å². The zero-order chi connectivity index (χ0) is 17.1. The Morgan fingerprint density at radius 1 is 1.17 bits per heavy atom. The van der Waals surface area contributed by atoms with Gasteiger partial charge < -0.3 is 15.1 Å². The summed E-state index contributed by atoms with van der Waals surface area (Å²) in [4.78, 5) is 20.7. The van der Waals surface area contributed by atoms with Crippen LogP contribution in [0.3, 0.4) is 0 Å². The number of likely N-dealkylation sites (N-methyl/N-ethyl adjacent to an activating group) is 1. The van der Waals surface area contributed by atoms with Crippen LogP contribution in [-0.4, -0.2) is 53.9 Å². The van der Waals surface area contributed by atoms with Crippen LogP contribution in [0.25, 0.3) is 0 Å². The highest BCUT2D eigenvalue weighted by atomic mass is 35.5. The molecule has 2 heterocycles. The van der Waals surface area contributed by atoms with Crippen LogP contribution in [0.2, 0.25) is 5.02 Å². The van der Waals surface area contributed by atoms with Crippen molar-refractivity contribution in [3.05, 3.63) is 53.1 Å².